The maximum Gasteiger partial charge on any atom is 0.224 e. The average molecular weight is 365 g/mol. The van der Waals surface area contributed by atoms with E-state index in [1.54, 1.807) is 21.3 Å². The van der Waals surface area contributed by atoms with E-state index in [1.807, 2.05) is 54.6 Å². The van der Waals surface area contributed by atoms with Crippen LogP contribution >= 0.6 is 0 Å². The first-order valence-electron chi connectivity index (χ1n) is 8.72. The number of methoxy groups -OCH3 is 3. The zero-order valence-corrected chi connectivity index (χ0v) is 15.7. The van der Waals surface area contributed by atoms with Gasteiger partial charge in [-0.15, -0.1) is 0 Å². The molecule has 5 nitrogen and oxygen atoms in total. The summed E-state index contributed by atoms with van der Waals surface area (Å²) in [5.74, 6) is 1.67. The van der Waals surface area contributed by atoms with E-state index in [-0.39, 0.29) is 5.91 Å². The smallest absolute Gasteiger partial charge is 0.224 e. The van der Waals surface area contributed by atoms with Crippen LogP contribution in [0.15, 0.2) is 54.6 Å². The van der Waals surface area contributed by atoms with Gasteiger partial charge in [0.25, 0.3) is 0 Å². The van der Waals surface area contributed by atoms with Gasteiger partial charge in [0.05, 0.1) is 21.3 Å². The molecule has 0 spiro atoms. The minimum Gasteiger partial charge on any atom is -0.493 e. The van der Waals surface area contributed by atoms with E-state index in [0.29, 0.717) is 30.1 Å². The van der Waals surface area contributed by atoms with E-state index in [1.165, 1.54) is 0 Å². The number of nitrogens with one attached hydrogen (secondary N) is 1. The number of carbonyl (C=O) groups is 1. The van der Waals surface area contributed by atoms with Crippen LogP contribution in [0.25, 0.3) is 10.8 Å². The fourth-order valence-electron chi connectivity index (χ4n) is 3.10. The van der Waals surface area contributed by atoms with Crippen molar-refractivity contribution in [3.05, 3.63) is 60.2 Å². The summed E-state index contributed by atoms with van der Waals surface area (Å²) in [6.45, 7) is 0. The Morgan fingerprint density at radius 1 is 0.852 bits per heavy atom. The van der Waals surface area contributed by atoms with Gasteiger partial charge in [-0.3, -0.25) is 4.79 Å². The van der Waals surface area contributed by atoms with Gasteiger partial charge in [-0.2, -0.15) is 0 Å². The topological polar surface area (TPSA) is 56.8 Å². The molecule has 1 amide bonds. The maximum atomic E-state index is 12.4. The van der Waals surface area contributed by atoms with Crippen molar-refractivity contribution in [2.45, 2.75) is 12.8 Å². The minimum atomic E-state index is -0.0536. The normalized spacial score (nSPS) is 10.5. The van der Waals surface area contributed by atoms with Crippen molar-refractivity contribution < 1.29 is 19.0 Å². The molecule has 1 N–H and O–H groups in total. The van der Waals surface area contributed by atoms with Gasteiger partial charge in [0.2, 0.25) is 11.7 Å². The highest BCUT2D eigenvalue weighted by Crippen LogP contribution is 2.40. The summed E-state index contributed by atoms with van der Waals surface area (Å²) >= 11 is 0. The standard InChI is InChI=1S/C22H23NO4/c1-25-19-12-9-16(21(26-2)22(19)27-3)10-13-20(24)23-18-11-8-15-6-4-5-7-17(15)14-18/h4-9,11-12,14H,10,13H2,1-3H3,(H,23,24). The van der Waals surface area contributed by atoms with Gasteiger partial charge < -0.3 is 19.5 Å². The SMILES string of the molecule is COc1ccc(CCC(=O)Nc2ccc3ccccc3c2)c(OC)c1OC. The molecular weight excluding hydrogens is 342 g/mol. The molecule has 5 heteroatoms. The Kier molecular flexibility index (Phi) is 5.81. The lowest BCUT2D eigenvalue weighted by molar-refractivity contribution is -0.116. The highest BCUT2D eigenvalue weighted by Gasteiger charge is 2.16. The van der Waals surface area contributed by atoms with Crippen LogP contribution in [0.3, 0.4) is 0 Å². The Labute approximate surface area is 158 Å². The molecule has 140 valence electrons. The van der Waals surface area contributed by atoms with E-state index in [0.717, 1.165) is 22.0 Å². The summed E-state index contributed by atoms with van der Waals surface area (Å²) in [4.78, 5) is 12.4. The largest absolute Gasteiger partial charge is 0.493 e. The third-order valence-corrected chi connectivity index (χ3v) is 4.44. The molecule has 0 fully saturated rings. The molecule has 3 aromatic rings. The van der Waals surface area contributed by atoms with Crippen molar-refractivity contribution in [1.29, 1.82) is 0 Å². The van der Waals surface area contributed by atoms with Crippen molar-refractivity contribution >= 4 is 22.4 Å². The fourth-order valence-corrected chi connectivity index (χ4v) is 3.10. The number of benzene rings is 3. The lowest BCUT2D eigenvalue weighted by Crippen LogP contribution is -2.12. The van der Waals surface area contributed by atoms with E-state index in [2.05, 4.69) is 5.32 Å². The fraction of sp³-hybridized carbons (Fsp3) is 0.227. The second-order valence-electron chi connectivity index (χ2n) is 6.10. The molecule has 0 saturated heterocycles. The van der Waals surface area contributed by atoms with Gasteiger partial charge in [0, 0.05) is 12.1 Å². The molecule has 0 radical (unpaired) electrons. The zero-order chi connectivity index (χ0) is 19.2. The Bertz CT molecular complexity index is 952. The molecule has 0 atom stereocenters. The highest BCUT2D eigenvalue weighted by molar-refractivity contribution is 5.94. The van der Waals surface area contributed by atoms with Crippen molar-refractivity contribution in [2.24, 2.45) is 0 Å². The first-order chi connectivity index (χ1) is 13.2. The highest BCUT2D eigenvalue weighted by atomic mass is 16.5. The molecule has 0 aromatic heterocycles. The molecule has 3 rings (SSSR count). The predicted octanol–water partition coefficient (Wildman–Crippen LogP) is 4.44. The predicted molar refractivity (Wildman–Crippen MR) is 107 cm³/mol. The second-order valence-corrected chi connectivity index (χ2v) is 6.10. The van der Waals surface area contributed by atoms with Gasteiger partial charge in [-0.1, -0.05) is 36.4 Å². The van der Waals surface area contributed by atoms with Crippen LogP contribution in [-0.4, -0.2) is 27.2 Å². The van der Waals surface area contributed by atoms with Crippen molar-refractivity contribution in [2.75, 3.05) is 26.6 Å². The summed E-state index contributed by atoms with van der Waals surface area (Å²) < 4.78 is 16.2. The van der Waals surface area contributed by atoms with Crippen LogP contribution in [0.2, 0.25) is 0 Å². The molecule has 0 heterocycles. The van der Waals surface area contributed by atoms with Crippen LogP contribution in [0.4, 0.5) is 5.69 Å². The Morgan fingerprint density at radius 2 is 1.59 bits per heavy atom. The van der Waals surface area contributed by atoms with Crippen LogP contribution in [0.1, 0.15) is 12.0 Å². The molecule has 0 bridgehead atoms. The number of amides is 1. The first-order valence-corrected chi connectivity index (χ1v) is 8.72. The molecule has 0 aliphatic heterocycles. The number of hydrogen-bond acceptors (Lipinski definition) is 4. The quantitative estimate of drug-likeness (QED) is 0.673. The lowest BCUT2D eigenvalue weighted by Gasteiger charge is -2.15. The van der Waals surface area contributed by atoms with E-state index in [9.17, 15) is 4.79 Å². The summed E-state index contributed by atoms with van der Waals surface area (Å²) in [5, 5.41) is 5.20. The van der Waals surface area contributed by atoms with Crippen LogP contribution in [-0.2, 0) is 11.2 Å². The third-order valence-electron chi connectivity index (χ3n) is 4.44. The number of rotatable bonds is 7. The zero-order valence-electron chi connectivity index (χ0n) is 15.7. The summed E-state index contributed by atoms with van der Waals surface area (Å²) in [6.07, 6.45) is 0.863. The lowest BCUT2D eigenvalue weighted by atomic mass is 10.1. The Balaban J connectivity index is 1.69. The number of hydrogen-bond donors (Lipinski definition) is 1. The third kappa shape index (κ3) is 4.14. The number of ether oxygens (including phenoxy) is 3. The van der Waals surface area contributed by atoms with Gasteiger partial charge in [0.15, 0.2) is 11.5 Å². The molecule has 0 saturated carbocycles. The van der Waals surface area contributed by atoms with E-state index in [4.69, 9.17) is 14.2 Å². The molecule has 0 aliphatic carbocycles. The van der Waals surface area contributed by atoms with Gasteiger partial charge in [0.1, 0.15) is 0 Å². The summed E-state index contributed by atoms with van der Waals surface area (Å²) in [6, 6.07) is 17.7. The number of aryl methyl sites for hydroxylation is 1. The minimum absolute atomic E-state index is 0.0536. The van der Waals surface area contributed by atoms with Crippen LogP contribution in [0.5, 0.6) is 17.2 Å². The van der Waals surface area contributed by atoms with E-state index >= 15 is 0 Å². The van der Waals surface area contributed by atoms with Gasteiger partial charge in [-0.25, -0.2) is 0 Å². The molecular formula is C22H23NO4. The Morgan fingerprint density at radius 3 is 2.30 bits per heavy atom. The molecule has 3 aromatic carbocycles. The van der Waals surface area contributed by atoms with Crippen LogP contribution < -0.4 is 19.5 Å². The van der Waals surface area contributed by atoms with E-state index < -0.39 is 0 Å². The van der Waals surface area contributed by atoms with Gasteiger partial charge >= 0.3 is 0 Å². The maximum absolute atomic E-state index is 12.4. The molecule has 0 aliphatic rings. The van der Waals surface area contributed by atoms with Crippen molar-refractivity contribution in [3.8, 4) is 17.2 Å². The number of anilines is 1. The molecule has 0 unspecified atom stereocenters. The summed E-state index contributed by atoms with van der Waals surface area (Å²) in [5.41, 5.74) is 1.68. The summed E-state index contributed by atoms with van der Waals surface area (Å²) in [7, 11) is 4.72. The monoisotopic (exact) mass is 365 g/mol. The van der Waals surface area contributed by atoms with Crippen molar-refractivity contribution in [3.63, 3.8) is 0 Å². The Hall–Kier alpha value is -3.21. The first kappa shape index (κ1) is 18.6. The number of fused-ring (bicyclic) bond motifs is 1. The van der Waals surface area contributed by atoms with Crippen molar-refractivity contribution in [1.82, 2.24) is 0 Å². The average Bonchev–Trinajstić information content (AvgIpc) is 2.71. The second kappa shape index (κ2) is 8.45. The van der Waals surface area contributed by atoms with Crippen LogP contribution in [0, 0.1) is 0 Å². The molecule has 27 heavy (non-hydrogen) atoms. The number of carbonyl (C=O) groups excluding carboxylic acids is 1. The van der Waals surface area contributed by atoms with Gasteiger partial charge in [-0.05, 0) is 41.0 Å².